The lowest BCUT2D eigenvalue weighted by atomic mass is 10.1. The van der Waals surface area contributed by atoms with E-state index in [2.05, 4.69) is 34.9 Å². The van der Waals surface area contributed by atoms with E-state index in [1.54, 1.807) is 17.0 Å². The van der Waals surface area contributed by atoms with Crippen molar-refractivity contribution in [2.45, 2.75) is 32.4 Å². The van der Waals surface area contributed by atoms with Crippen LogP contribution in [0.25, 0.3) is 0 Å². The number of non-ortho nitro benzene ring substituents is 1. The van der Waals surface area contributed by atoms with Crippen molar-refractivity contribution in [2.75, 3.05) is 18.4 Å². The minimum Gasteiger partial charge on any atom is -0.358 e. The average Bonchev–Trinajstić information content (AvgIpc) is 2.69. The number of rotatable bonds is 6. The van der Waals surface area contributed by atoms with E-state index in [1.165, 1.54) is 55.6 Å². The number of hydrogen-bond donors (Lipinski definition) is 3. The Balaban J connectivity index is 1.44. The minimum absolute atomic E-state index is 0.0610. The van der Waals surface area contributed by atoms with Crippen molar-refractivity contribution in [1.29, 1.82) is 0 Å². The fourth-order valence-electron chi connectivity index (χ4n) is 3.32. The Kier molecular flexibility index (Phi) is 6.73. The summed E-state index contributed by atoms with van der Waals surface area (Å²) in [7, 11) is 0. The highest BCUT2D eigenvalue weighted by Crippen LogP contribution is 2.15. The zero-order chi connectivity index (χ0) is 19.1. The molecule has 1 aliphatic rings. The van der Waals surface area contributed by atoms with Gasteiger partial charge in [0.1, 0.15) is 6.54 Å². The summed E-state index contributed by atoms with van der Waals surface area (Å²) in [4.78, 5) is 11.9. The summed E-state index contributed by atoms with van der Waals surface area (Å²) in [6.07, 6.45) is 4.06. The van der Waals surface area contributed by atoms with Crippen LogP contribution in [-0.4, -0.2) is 23.1 Å². The molecule has 0 bridgehead atoms. The Morgan fingerprint density at radius 3 is 2.26 bits per heavy atom. The molecule has 3 rings (SSSR count). The largest absolute Gasteiger partial charge is 0.358 e. The lowest BCUT2D eigenvalue weighted by molar-refractivity contribution is -0.918. The molecule has 0 aromatic heterocycles. The third kappa shape index (κ3) is 6.01. The SMILES string of the molecule is O=[N+]([O-])c1ccc(NC(=S)NCc2ccc(C[NH+]3CCCCC3)cc2)cc1. The monoisotopic (exact) mass is 385 g/mol. The van der Waals surface area contributed by atoms with Crippen molar-refractivity contribution in [1.82, 2.24) is 5.32 Å². The van der Waals surface area contributed by atoms with Crippen LogP contribution in [0.15, 0.2) is 48.5 Å². The standard InChI is InChI=1S/C20H24N4O2S/c25-24(26)19-10-8-18(9-11-19)22-20(27)21-14-16-4-6-17(7-5-16)15-23-12-2-1-3-13-23/h4-11H,1-3,12-15H2,(H2,21,22,27)/p+1. The van der Waals surface area contributed by atoms with Gasteiger partial charge in [0.25, 0.3) is 5.69 Å². The van der Waals surface area contributed by atoms with E-state index in [9.17, 15) is 10.1 Å². The van der Waals surface area contributed by atoms with Gasteiger partial charge >= 0.3 is 0 Å². The van der Waals surface area contributed by atoms with E-state index in [1.807, 2.05) is 0 Å². The molecule has 0 aliphatic carbocycles. The molecule has 142 valence electrons. The number of nitrogens with one attached hydrogen (secondary N) is 3. The molecule has 0 spiro atoms. The summed E-state index contributed by atoms with van der Waals surface area (Å²) in [5.74, 6) is 0. The predicted molar refractivity (Wildman–Crippen MR) is 111 cm³/mol. The molecule has 27 heavy (non-hydrogen) atoms. The van der Waals surface area contributed by atoms with Crippen LogP contribution in [-0.2, 0) is 13.1 Å². The Hall–Kier alpha value is -2.51. The number of hydrogen-bond acceptors (Lipinski definition) is 3. The number of thiocarbonyl (C=S) groups is 1. The number of nitro benzene ring substituents is 1. The summed E-state index contributed by atoms with van der Waals surface area (Å²) in [5.41, 5.74) is 3.33. The molecule has 0 saturated carbocycles. The number of likely N-dealkylation sites (tertiary alicyclic amines) is 1. The van der Waals surface area contributed by atoms with E-state index in [-0.39, 0.29) is 5.69 Å². The number of benzene rings is 2. The van der Waals surface area contributed by atoms with Crippen LogP contribution in [0.5, 0.6) is 0 Å². The summed E-state index contributed by atoms with van der Waals surface area (Å²) >= 11 is 5.29. The lowest BCUT2D eigenvalue weighted by Gasteiger charge is -2.23. The van der Waals surface area contributed by atoms with E-state index >= 15 is 0 Å². The highest BCUT2D eigenvalue weighted by molar-refractivity contribution is 7.80. The van der Waals surface area contributed by atoms with Crippen molar-refractivity contribution in [3.63, 3.8) is 0 Å². The molecular weight excluding hydrogens is 360 g/mol. The van der Waals surface area contributed by atoms with Crippen molar-refractivity contribution in [3.8, 4) is 0 Å². The van der Waals surface area contributed by atoms with Crippen LogP contribution >= 0.6 is 12.2 Å². The highest BCUT2D eigenvalue weighted by Gasteiger charge is 2.13. The molecule has 1 saturated heterocycles. The zero-order valence-electron chi connectivity index (χ0n) is 15.2. The molecule has 0 radical (unpaired) electrons. The van der Waals surface area contributed by atoms with Gasteiger partial charge in [-0.05, 0) is 49.2 Å². The number of anilines is 1. The molecule has 0 amide bonds. The van der Waals surface area contributed by atoms with Gasteiger partial charge in [0.2, 0.25) is 0 Å². The van der Waals surface area contributed by atoms with Gasteiger partial charge in [-0.3, -0.25) is 10.1 Å². The number of quaternary nitrogens is 1. The Morgan fingerprint density at radius 2 is 1.63 bits per heavy atom. The van der Waals surface area contributed by atoms with Gasteiger partial charge in [0.15, 0.2) is 5.11 Å². The maximum atomic E-state index is 10.7. The normalized spacial score (nSPS) is 14.5. The highest BCUT2D eigenvalue weighted by atomic mass is 32.1. The van der Waals surface area contributed by atoms with Gasteiger partial charge in [0, 0.05) is 29.9 Å². The van der Waals surface area contributed by atoms with Crippen molar-refractivity contribution >= 4 is 28.7 Å². The summed E-state index contributed by atoms with van der Waals surface area (Å²) in [6.45, 7) is 4.31. The second-order valence-corrected chi connectivity index (χ2v) is 7.32. The van der Waals surface area contributed by atoms with Crippen LogP contribution in [0.4, 0.5) is 11.4 Å². The average molecular weight is 386 g/mol. The molecule has 0 atom stereocenters. The van der Waals surface area contributed by atoms with Gasteiger partial charge in [-0.25, -0.2) is 0 Å². The number of piperidine rings is 1. The van der Waals surface area contributed by atoms with Crippen LogP contribution in [0.3, 0.4) is 0 Å². The zero-order valence-corrected chi connectivity index (χ0v) is 16.1. The van der Waals surface area contributed by atoms with Gasteiger partial charge in [-0.1, -0.05) is 24.3 Å². The molecular formula is C20H25N4O2S+. The van der Waals surface area contributed by atoms with E-state index in [4.69, 9.17) is 12.2 Å². The Morgan fingerprint density at radius 1 is 1.00 bits per heavy atom. The van der Waals surface area contributed by atoms with E-state index < -0.39 is 4.92 Å². The minimum atomic E-state index is -0.420. The first-order valence-corrected chi connectivity index (χ1v) is 9.72. The number of nitrogens with zero attached hydrogens (tertiary/aromatic N) is 1. The van der Waals surface area contributed by atoms with Crippen LogP contribution < -0.4 is 15.5 Å². The molecule has 2 aromatic rings. The quantitative estimate of drug-likeness (QED) is 0.405. The topological polar surface area (TPSA) is 71.6 Å². The molecule has 0 unspecified atom stereocenters. The van der Waals surface area contributed by atoms with Crippen LogP contribution in [0, 0.1) is 10.1 Å². The third-order valence-corrected chi connectivity index (χ3v) is 5.07. The molecule has 1 fully saturated rings. The van der Waals surface area contributed by atoms with Gasteiger partial charge in [-0.15, -0.1) is 0 Å². The summed E-state index contributed by atoms with van der Waals surface area (Å²) in [5, 5.41) is 17.4. The Bertz CT molecular complexity index is 772. The molecule has 6 nitrogen and oxygen atoms in total. The van der Waals surface area contributed by atoms with E-state index in [0.29, 0.717) is 11.7 Å². The lowest BCUT2D eigenvalue weighted by Crippen LogP contribution is -3.11. The van der Waals surface area contributed by atoms with E-state index in [0.717, 1.165) is 12.2 Å². The van der Waals surface area contributed by atoms with Gasteiger partial charge in [0.05, 0.1) is 18.0 Å². The molecule has 7 heteroatoms. The summed E-state index contributed by atoms with van der Waals surface area (Å²) in [6, 6.07) is 14.9. The molecule has 1 aliphatic heterocycles. The Labute approximate surface area is 164 Å². The molecule has 2 aromatic carbocycles. The smallest absolute Gasteiger partial charge is 0.269 e. The molecule has 3 N–H and O–H groups in total. The summed E-state index contributed by atoms with van der Waals surface area (Å²) < 4.78 is 0. The first-order chi connectivity index (χ1) is 13.1. The number of nitro groups is 1. The maximum Gasteiger partial charge on any atom is 0.269 e. The third-order valence-electron chi connectivity index (χ3n) is 4.83. The van der Waals surface area contributed by atoms with Crippen molar-refractivity contribution < 1.29 is 9.82 Å². The second kappa shape index (κ2) is 9.43. The second-order valence-electron chi connectivity index (χ2n) is 6.92. The maximum absolute atomic E-state index is 10.7. The van der Waals surface area contributed by atoms with Gasteiger partial charge in [-0.2, -0.15) is 0 Å². The first kappa shape index (κ1) is 19.3. The van der Waals surface area contributed by atoms with Crippen LogP contribution in [0.2, 0.25) is 0 Å². The first-order valence-electron chi connectivity index (χ1n) is 9.31. The van der Waals surface area contributed by atoms with Crippen molar-refractivity contribution in [3.05, 3.63) is 69.8 Å². The fourth-order valence-corrected chi connectivity index (χ4v) is 3.51. The van der Waals surface area contributed by atoms with Gasteiger partial charge < -0.3 is 15.5 Å². The predicted octanol–water partition coefficient (Wildman–Crippen LogP) is 2.65. The van der Waals surface area contributed by atoms with Crippen LogP contribution in [0.1, 0.15) is 30.4 Å². The fraction of sp³-hybridized carbons (Fsp3) is 0.350. The van der Waals surface area contributed by atoms with Crippen molar-refractivity contribution in [2.24, 2.45) is 0 Å². The molecule has 1 heterocycles.